The molecule has 1 aliphatic rings. The molecular formula is C14H24N4. The summed E-state index contributed by atoms with van der Waals surface area (Å²) >= 11 is 0. The van der Waals surface area contributed by atoms with Crippen molar-refractivity contribution in [3.8, 4) is 0 Å². The Morgan fingerprint density at radius 3 is 2.39 bits per heavy atom. The number of hydrogen-bond donors (Lipinski definition) is 2. The van der Waals surface area contributed by atoms with Crippen LogP contribution < -0.4 is 10.6 Å². The molecule has 100 valence electrons. The molecule has 0 atom stereocenters. The number of aryl methyl sites for hydroxylation is 1. The van der Waals surface area contributed by atoms with Gasteiger partial charge in [0, 0.05) is 24.6 Å². The third kappa shape index (κ3) is 2.57. The number of hydrogen-bond acceptors (Lipinski definition) is 4. The lowest BCUT2D eigenvalue weighted by Crippen LogP contribution is -2.42. The second kappa shape index (κ2) is 5.12. The van der Waals surface area contributed by atoms with E-state index in [9.17, 15) is 0 Å². The first-order valence-corrected chi connectivity index (χ1v) is 6.91. The van der Waals surface area contributed by atoms with Gasteiger partial charge in [-0.1, -0.05) is 6.92 Å². The van der Waals surface area contributed by atoms with Crippen LogP contribution in [0.1, 0.15) is 50.9 Å². The molecule has 0 aromatic carbocycles. The van der Waals surface area contributed by atoms with Gasteiger partial charge in [-0.3, -0.25) is 0 Å². The molecule has 0 bridgehead atoms. The molecule has 4 heteroatoms. The van der Waals surface area contributed by atoms with E-state index in [4.69, 9.17) is 0 Å². The van der Waals surface area contributed by atoms with Crippen LogP contribution in [0, 0.1) is 6.92 Å². The van der Waals surface area contributed by atoms with Crippen molar-refractivity contribution >= 4 is 11.6 Å². The summed E-state index contributed by atoms with van der Waals surface area (Å²) in [5.41, 5.74) is 1.35. The Kier molecular flexibility index (Phi) is 3.73. The fourth-order valence-corrected chi connectivity index (χ4v) is 2.38. The van der Waals surface area contributed by atoms with Crippen LogP contribution in [0.25, 0.3) is 0 Å². The summed E-state index contributed by atoms with van der Waals surface area (Å²) in [6, 6.07) is 0. The van der Waals surface area contributed by atoms with Crippen molar-refractivity contribution in [2.75, 3.05) is 17.7 Å². The van der Waals surface area contributed by atoms with E-state index in [2.05, 4.69) is 41.4 Å². The summed E-state index contributed by atoms with van der Waals surface area (Å²) < 4.78 is 0. The zero-order valence-corrected chi connectivity index (χ0v) is 11.9. The van der Waals surface area contributed by atoms with Crippen molar-refractivity contribution in [1.29, 1.82) is 0 Å². The normalized spacial score (nSPS) is 17.1. The van der Waals surface area contributed by atoms with Gasteiger partial charge in [-0.05, 0) is 39.5 Å². The monoisotopic (exact) mass is 248 g/mol. The van der Waals surface area contributed by atoms with E-state index in [1.165, 1.54) is 19.3 Å². The predicted molar refractivity (Wildman–Crippen MR) is 76.2 cm³/mol. The maximum Gasteiger partial charge on any atom is 0.135 e. The van der Waals surface area contributed by atoms with Crippen molar-refractivity contribution in [1.82, 2.24) is 9.97 Å². The van der Waals surface area contributed by atoms with Crippen LogP contribution in [0.5, 0.6) is 0 Å². The maximum atomic E-state index is 4.68. The highest BCUT2D eigenvalue weighted by atomic mass is 15.1. The average molecular weight is 248 g/mol. The topological polar surface area (TPSA) is 49.8 Å². The van der Waals surface area contributed by atoms with Crippen molar-refractivity contribution in [3.63, 3.8) is 0 Å². The molecule has 0 unspecified atom stereocenters. The second-order valence-corrected chi connectivity index (χ2v) is 5.50. The van der Waals surface area contributed by atoms with Crippen LogP contribution in [-0.2, 0) is 6.42 Å². The van der Waals surface area contributed by atoms with Crippen LogP contribution in [0.2, 0.25) is 0 Å². The Labute approximate surface area is 110 Å². The predicted octanol–water partition coefficient (Wildman–Crippen LogP) is 3.13. The van der Waals surface area contributed by atoms with E-state index in [1.807, 2.05) is 7.05 Å². The first kappa shape index (κ1) is 13.1. The summed E-state index contributed by atoms with van der Waals surface area (Å²) in [5.74, 6) is 2.87. The molecule has 1 saturated carbocycles. The van der Waals surface area contributed by atoms with Crippen molar-refractivity contribution < 1.29 is 0 Å². The van der Waals surface area contributed by atoms with E-state index < -0.39 is 0 Å². The van der Waals surface area contributed by atoms with Crippen LogP contribution in [-0.4, -0.2) is 22.6 Å². The standard InChI is InChI=1S/C14H24N4/c1-5-7-11-16-12(15-4)10(2)13(17-11)18-14(3)8-6-9-14/h5-9H2,1-4H3,(H2,15,16,17,18). The molecule has 0 saturated heterocycles. The highest BCUT2D eigenvalue weighted by Crippen LogP contribution is 2.35. The fourth-order valence-electron chi connectivity index (χ4n) is 2.38. The molecule has 2 rings (SSSR count). The van der Waals surface area contributed by atoms with Crippen LogP contribution in [0.4, 0.5) is 11.6 Å². The fraction of sp³-hybridized carbons (Fsp3) is 0.714. The Hall–Kier alpha value is -1.32. The molecule has 0 radical (unpaired) electrons. The number of aromatic nitrogens is 2. The Morgan fingerprint density at radius 2 is 1.89 bits per heavy atom. The number of nitrogens with one attached hydrogen (secondary N) is 2. The first-order valence-electron chi connectivity index (χ1n) is 6.91. The molecule has 0 spiro atoms. The second-order valence-electron chi connectivity index (χ2n) is 5.50. The van der Waals surface area contributed by atoms with Crippen molar-refractivity contribution in [2.45, 2.75) is 58.4 Å². The van der Waals surface area contributed by atoms with Gasteiger partial charge in [0.1, 0.15) is 17.5 Å². The molecule has 18 heavy (non-hydrogen) atoms. The Morgan fingerprint density at radius 1 is 1.22 bits per heavy atom. The van der Waals surface area contributed by atoms with E-state index in [0.29, 0.717) is 0 Å². The summed E-state index contributed by atoms with van der Waals surface area (Å²) in [6.07, 6.45) is 5.78. The number of nitrogens with zero attached hydrogens (tertiary/aromatic N) is 2. The summed E-state index contributed by atoms with van der Waals surface area (Å²) in [7, 11) is 1.92. The minimum Gasteiger partial charge on any atom is -0.373 e. The zero-order chi connectivity index (χ0) is 13.2. The molecule has 0 amide bonds. The van der Waals surface area contributed by atoms with E-state index in [0.717, 1.165) is 35.9 Å². The Balaban J connectivity index is 2.28. The molecule has 1 aromatic heterocycles. The van der Waals surface area contributed by atoms with Gasteiger partial charge in [0.25, 0.3) is 0 Å². The zero-order valence-electron chi connectivity index (χ0n) is 11.9. The summed E-state index contributed by atoms with van der Waals surface area (Å²) in [5, 5.41) is 6.77. The van der Waals surface area contributed by atoms with Gasteiger partial charge in [0.15, 0.2) is 0 Å². The highest BCUT2D eigenvalue weighted by molar-refractivity contribution is 5.58. The van der Waals surface area contributed by atoms with Gasteiger partial charge in [-0.2, -0.15) is 0 Å². The van der Waals surface area contributed by atoms with Gasteiger partial charge >= 0.3 is 0 Å². The SMILES string of the molecule is CCCc1nc(NC)c(C)c(NC2(C)CCC2)n1. The third-order valence-electron chi connectivity index (χ3n) is 3.78. The highest BCUT2D eigenvalue weighted by Gasteiger charge is 2.32. The minimum absolute atomic E-state index is 0.230. The van der Waals surface area contributed by atoms with Crippen LogP contribution in [0.3, 0.4) is 0 Å². The van der Waals surface area contributed by atoms with Gasteiger partial charge < -0.3 is 10.6 Å². The quantitative estimate of drug-likeness (QED) is 0.840. The smallest absolute Gasteiger partial charge is 0.135 e. The lowest BCUT2D eigenvalue weighted by atomic mass is 9.78. The molecule has 1 heterocycles. The minimum atomic E-state index is 0.230. The summed E-state index contributed by atoms with van der Waals surface area (Å²) in [6.45, 7) is 6.51. The maximum absolute atomic E-state index is 4.68. The van der Waals surface area contributed by atoms with E-state index in [1.54, 1.807) is 0 Å². The molecular weight excluding hydrogens is 224 g/mol. The Bertz CT molecular complexity index is 424. The van der Waals surface area contributed by atoms with Crippen LogP contribution in [0.15, 0.2) is 0 Å². The van der Waals surface area contributed by atoms with Crippen molar-refractivity contribution in [3.05, 3.63) is 11.4 Å². The lowest BCUT2D eigenvalue weighted by molar-refractivity contribution is 0.305. The number of anilines is 2. The third-order valence-corrected chi connectivity index (χ3v) is 3.78. The van der Waals surface area contributed by atoms with Crippen LogP contribution >= 0.6 is 0 Å². The molecule has 1 aromatic rings. The average Bonchev–Trinajstić information content (AvgIpc) is 2.31. The van der Waals surface area contributed by atoms with Gasteiger partial charge in [0.05, 0.1) is 0 Å². The molecule has 1 aliphatic carbocycles. The molecule has 0 aliphatic heterocycles. The number of rotatable bonds is 5. The van der Waals surface area contributed by atoms with Gasteiger partial charge in [0.2, 0.25) is 0 Å². The van der Waals surface area contributed by atoms with Crippen molar-refractivity contribution in [2.24, 2.45) is 0 Å². The molecule has 1 fully saturated rings. The molecule has 4 nitrogen and oxygen atoms in total. The first-order chi connectivity index (χ1) is 8.58. The summed E-state index contributed by atoms with van der Waals surface area (Å²) in [4.78, 5) is 9.23. The largest absolute Gasteiger partial charge is 0.373 e. The van der Waals surface area contributed by atoms with E-state index in [-0.39, 0.29) is 5.54 Å². The van der Waals surface area contributed by atoms with Gasteiger partial charge in [-0.15, -0.1) is 0 Å². The van der Waals surface area contributed by atoms with Gasteiger partial charge in [-0.25, -0.2) is 9.97 Å². The van der Waals surface area contributed by atoms with E-state index >= 15 is 0 Å². The molecule has 2 N–H and O–H groups in total. The lowest BCUT2D eigenvalue weighted by Gasteiger charge is -2.40.